The summed E-state index contributed by atoms with van der Waals surface area (Å²) in [6.45, 7) is 1.69. The molecule has 0 bridgehead atoms. The van der Waals surface area contributed by atoms with Crippen LogP contribution >= 0.6 is 0 Å². The summed E-state index contributed by atoms with van der Waals surface area (Å²) in [5, 5.41) is 7.51. The average molecular weight is 271 g/mol. The molecule has 5 N–H and O–H groups in total. The summed E-state index contributed by atoms with van der Waals surface area (Å²) in [6, 6.07) is -0.295. The van der Waals surface area contributed by atoms with E-state index in [-0.39, 0.29) is 22.8 Å². The summed E-state index contributed by atoms with van der Waals surface area (Å²) < 4.78 is 26.7. The fraction of sp³-hybridized carbons (Fsp3) is 0.600. The number of hydrogen-bond acceptors (Lipinski definition) is 4. The van der Waals surface area contributed by atoms with Gasteiger partial charge >= 0.3 is 0 Å². The zero-order valence-electron chi connectivity index (χ0n) is 10.1. The first kappa shape index (κ1) is 13.0. The monoisotopic (exact) mass is 271 g/mol. The van der Waals surface area contributed by atoms with Crippen LogP contribution < -0.4 is 10.5 Å². The third kappa shape index (κ3) is 2.54. The first-order valence-electron chi connectivity index (χ1n) is 5.78. The van der Waals surface area contributed by atoms with Crippen LogP contribution in [0.1, 0.15) is 25.1 Å². The zero-order valence-corrected chi connectivity index (χ0v) is 10.9. The van der Waals surface area contributed by atoms with E-state index in [1.165, 1.54) is 6.20 Å². The predicted molar refractivity (Wildman–Crippen MR) is 66.7 cm³/mol. The maximum absolute atomic E-state index is 12.1. The van der Waals surface area contributed by atoms with Crippen LogP contribution in [-0.4, -0.2) is 30.3 Å². The van der Waals surface area contributed by atoms with Gasteiger partial charge in [-0.1, -0.05) is 6.42 Å². The van der Waals surface area contributed by atoms with E-state index in [2.05, 4.69) is 14.7 Å². The number of nitrogens with two attached hydrogens (primary N) is 1. The normalized spacial score (nSPS) is 24.3. The highest BCUT2D eigenvalue weighted by Gasteiger charge is 2.33. The second-order valence-corrected chi connectivity index (χ2v) is 6.24. The van der Waals surface area contributed by atoms with Crippen molar-refractivity contribution in [1.29, 1.82) is 5.41 Å². The van der Waals surface area contributed by atoms with Crippen LogP contribution in [-0.2, 0) is 10.0 Å². The molecule has 1 aliphatic carbocycles. The highest BCUT2D eigenvalue weighted by Crippen LogP contribution is 2.26. The molecular weight excluding hydrogens is 254 g/mol. The lowest BCUT2D eigenvalue weighted by molar-refractivity contribution is 0.519. The van der Waals surface area contributed by atoms with Crippen LogP contribution in [0.5, 0.6) is 0 Å². The Bertz CT molecular complexity index is 550. The molecule has 2 atom stereocenters. The largest absolute Gasteiger partial charge is 0.387 e. The Kier molecular flexibility index (Phi) is 3.40. The van der Waals surface area contributed by atoms with Gasteiger partial charge in [-0.3, -0.25) is 5.41 Å². The maximum atomic E-state index is 12.1. The van der Waals surface area contributed by atoms with Crippen molar-refractivity contribution in [2.45, 2.75) is 37.3 Å². The highest BCUT2D eigenvalue weighted by molar-refractivity contribution is 7.89. The summed E-state index contributed by atoms with van der Waals surface area (Å²) >= 11 is 0. The number of nitrogens with one attached hydrogen (secondary N) is 3. The van der Waals surface area contributed by atoms with Crippen molar-refractivity contribution in [3.63, 3.8) is 0 Å². The molecule has 1 fully saturated rings. The van der Waals surface area contributed by atoms with Gasteiger partial charge in [-0.25, -0.2) is 18.1 Å². The number of aromatic amines is 1. The Balaban J connectivity index is 2.16. The van der Waals surface area contributed by atoms with Crippen molar-refractivity contribution < 1.29 is 8.42 Å². The third-order valence-corrected chi connectivity index (χ3v) is 4.59. The van der Waals surface area contributed by atoms with E-state index in [4.69, 9.17) is 11.1 Å². The lowest BCUT2D eigenvalue weighted by Crippen LogP contribution is -2.42. The highest BCUT2D eigenvalue weighted by atomic mass is 32.2. The topological polar surface area (TPSA) is 125 Å². The van der Waals surface area contributed by atoms with E-state index in [1.54, 1.807) is 6.92 Å². The van der Waals surface area contributed by atoms with Gasteiger partial charge in [0, 0.05) is 12.0 Å². The first-order valence-corrected chi connectivity index (χ1v) is 7.26. The fourth-order valence-corrected chi connectivity index (χ4v) is 3.55. The first-order chi connectivity index (χ1) is 8.40. The molecule has 7 nitrogen and oxygen atoms in total. The Morgan fingerprint density at radius 3 is 2.89 bits per heavy atom. The molecule has 0 aromatic carbocycles. The van der Waals surface area contributed by atoms with Crippen molar-refractivity contribution in [3.05, 3.63) is 12.0 Å². The van der Waals surface area contributed by atoms with Crippen molar-refractivity contribution in [2.75, 3.05) is 0 Å². The number of nitrogens with zero attached hydrogens (tertiary/aromatic N) is 1. The molecule has 18 heavy (non-hydrogen) atoms. The van der Waals surface area contributed by atoms with Crippen LogP contribution in [0.15, 0.2) is 11.2 Å². The Morgan fingerprint density at radius 2 is 2.33 bits per heavy atom. The summed E-state index contributed by atoms with van der Waals surface area (Å²) in [6.07, 6.45) is 3.62. The minimum absolute atomic E-state index is 0.0426. The van der Waals surface area contributed by atoms with Crippen LogP contribution in [0.3, 0.4) is 0 Å². The maximum Gasteiger partial charge on any atom is 0.257 e. The van der Waals surface area contributed by atoms with E-state index in [1.807, 2.05) is 0 Å². The van der Waals surface area contributed by atoms with Crippen molar-refractivity contribution >= 4 is 15.9 Å². The van der Waals surface area contributed by atoms with Gasteiger partial charge in [0.1, 0.15) is 5.82 Å². The number of hydrogen-bond donors (Lipinski definition) is 4. The van der Waals surface area contributed by atoms with Gasteiger partial charge in [0.05, 0.1) is 12.0 Å². The van der Waals surface area contributed by atoms with Gasteiger partial charge in [0.15, 0.2) is 5.03 Å². The number of sulfonamides is 1. The molecule has 0 aliphatic heterocycles. The number of imidazole rings is 1. The smallest absolute Gasteiger partial charge is 0.257 e. The molecule has 0 amide bonds. The SMILES string of the molecule is Cc1ncc(S(=O)(=O)NC2CCCC2C(=N)N)[nH]1. The van der Waals surface area contributed by atoms with Crippen LogP contribution in [0, 0.1) is 18.3 Å². The molecule has 2 rings (SSSR count). The van der Waals surface area contributed by atoms with Crippen molar-refractivity contribution in [2.24, 2.45) is 11.7 Å². The number of aromatic nitrogens is 2. The molecule has 1 saturated carbocycles. The molecule has 1 aromatic rings. The molecule has 1 heterocycles. The van der Waals surface area contributed by atoms with E-state index in [0.29, 0.717) is 12.2 Å². The summed E-state index contributed by atoms with van der Waals surface area (Å²) in [4.78, 5) is 6.56. The van der Waals surface area contributed by atoms with Crippen LogP contribution in [0.2, 0.25) is 0 Å². The van der Waals surface area contributed by atoms with Gasteiger partial charge in [-0.2, -0.15) is 0 Å². The molecule has 1 aliphatic rings. The Labute approximate surface area is 106 Å². The molecule has 8 heteroatoms. The molecule has 1 aromatic heterocycles. The Morgan fingerprint density at radius 1 is 1.61 bits per heavy atom. The van der Waals surface area contributed by atoms with E-state index < -0.39 is 10.0 Å². The Hall–Kier alpha value is -1.41. The number of rotatable bonds is 4. The summed E-state index contributed by atoms with van der Waals surface area (Å²) in [7, 11) is -3.61. The number of aryl methyl sites for hydroxylation is 1. The van der Waals surface area contributed by atoms with Crippen molar-refractivity contribution in [3.8, 4) is 0 Å². The molecule has 100 valence electrons. The summed E-state index contributed by atoms with van der Waals surface area (Å²) in [5.74, 6) is 0.384. The fourth-order valence-electron chi connectivity index (χ4n) is 2.27. The second-order valence-electron chi connectivity index (χ2n) is 4.55. The lowest BCUT2D eigenvalue weighted by atomic mass is 10.0. The number of amidine groups is 1. The molecule has 0 saturated heterocycles. The van der Waals surface area contributed by atoms with E-state index >= 15 is 0 Å². The molecule has 0 radical (unpaired) electrons. The standard InChI is InChI=1S/C10H17N5O2S/c1-6-13-5-9(14-6)18(16,17)15-8-4-2-3-7(8)10(11)12/h5,7-8,15H,2-4H2,1H3,(H3,11,12)(H,13,14). The molecule has 0 spiro atoms. The van der Waals surface area contributed by atoms with Gasteiger partial charge in [-0.15, -0.1) is 0 Å². The molecule has 2 unspecified atom stereocenters. The van der Waals surface area contributed by atoms with E-state index in [9.17, 15) is 8.42 Å². The second kappa shape index (κ2) is 4.69. The average Bonchev–Trinajstić information content (AvgIpc) is 2.86. The minimum atomic E-state index is -3.61. The zero-order chi connectivity index (χ0) is 13.3. The van der Waals surface area contributed by atoms with Gasteiger partial charge in [0.2, 0.25) is 0 Å². The van der Waals surface area contributed by atoms with Gasteiger partial charge < -0.3 is 10.7 Å². The van der Waals surface area contributed by atoms with Gasteiger partial charge in [-0.05, 0) is 19.8 Å². The predicted octanol–water partition coefficient (Wildman–Crippen LogP) is 0.101. The van der Waals surface area contributed by atoms with Crippen LogP contribution in [0.25, 0.3) is 0 Å². The van der Waals surface area contributed by atoms with Crippen LogP contribution in [0.4, 0.5) is 0 Å². The quantitative estimate of drug-likeness (QED) is 0.458. The van der Waals surface area contributed by atoms with Crippen molar-refractivity contribution in [1.82, 2.24) is 14.7 Å². The summed E-state index contributed by atoms with van der Waals surface area (Å²) in [5.41, 5.74) is 5.48. The number of H-pyrrole nitrogens is 1. The third-order valence-electron chi connectivity index (χ3n) is 3.19. The lowest BCUT2D eigenvalue weighted by Gasteiger charge is -2.19. The minimum Gasteiger partial charge on any atom is -0.387 e. The molecular formula is C10H17N5O2S. The van der Waals surface area contributed by atoms with E-state index in [0.717, 1.165) is 12.8 Å². The van der Waals surface area contributed by atoms with Gasteiger partial charge in [0.25, 0.3) is 10.0 Å².